The molecule has 3 N–H and O–H groups in total. The molecule has 6 heteroatoms. The second-order valence-corrected chi connectivity index (χ2v) is 6.32. The molecule has 0 radical (unpaired) electrons. The molecule has 1 amide bonds. The van der Waals surface area contributed by atoms with Crippen LogP contribution < -0.4 is 11.1 Å². The maximum Gasteiger partial charge on any atom is 0.228 e. The van der Waals surface area contributed by atoms with Gasteiger partial charge in [-0.05, 0) is 32.9 Å². The van der Waals surface area contributed by atoms with E-state index < -0.39 is 0 Å². The Kier molecular flexibility index (Phi) is 6.48. The highest BCUT2D eigenvalue weighted by molar-refractivity contribution is 7.16. The van der Waals surface area contributed by atoms with E-state index >= 15 is 0 Å². The topological polar surface area (TPSA) is 55.1 Å². The minimum absolute atomic E-state index is 0. The standard InChI is InChI=1S/C11H17ClN2OS.ClH/c1-7(8-4-5-9(12)16-8)10(15)14-6-11(2,3)13;/h4-5,7H,6,13H2,1-3H3,(H,14,15);1H. The first-order valence-electron chi connectivity index (χ1n) is 5.11. The van der Waals surface area contributed by atoms with Crippen molar-refractivity contribution in [2.24, 2.45) is 5.73 Å². The van der Waals surface area contributed by atoms with Gasteiger partial charge in [0.1, 0.15) is 0 Å². The fourth-order valence-corrected chi connectivity index (χ4v) is 2.27. The van der Waals surface area contributed by atoms with Crippen molar-refractivity contribution >= 4 is 41.3 Å². The van der Waals surface area contributed by atoms with Gasteiger partial charge in [0.05, 0.1) is 10.3 Å². The average Bonchev–Trinajstić information content (AvgIpc) is 2.59. The Hall–Kier alpha value is -0.290. The highest BCUT2D eigenvalue weighted by Crippen LogP contribution is 2.28. The molecule has 1 unspecified atom stereocenters. The summed E-state index contributed by atoms with van der Waals surface area (Å²) in [5.74, 6) is -0.197. The van der Waals surface area contributed by atoms with Gasteiger partial charge in [0.25, 0.3) is 0 Å². The van der Waals surface area contributed by atoms with Crippen LogP contribution in [-0.2, 0) is 4.79 Å². The zero-order valence-electron chi connectivity index (χ0n) is 10.1. The summed E-state index contributed by atoms with van der Waals surface area (Å²) in [6.45, 7) is 6.08. The van der Waals surface area contributed by atoms with E-state index in [1.54, 1.807) is 6.07 Å². The molecule has 0 saturated heterocycles. The predicted octanol–water partition coefficient (Wildman–Crippen LogP) is 2.78. The van der Waals surface area contributed by atoms with Crippen molar-refractivity contribution in [3.05, 3.63) is 21.3 Å². The van der Waals surface area contributed by atoms with E-state index in [4.69, 9.17) is 17.3 Å². The van der Waals surface area contributed by atoms with Gasteiger partial charge in [-0.2, -0.15) is 0 Å². The summed E-state index contributed by atoms with van der Waals surface area (Å²) < 4.78 is 0.703. The van der Waals surface area contributed by atoms with Crippen molar-refractivity contribution in [2.45, 2.75) is 32.2 Å². The molecule has 1 heterocycles. The van der Waals surface area contributed by atoms with E-state index in [9.17, 15) is 4.79 Å². The van der Waals surface area contributed by atoms with Gasteiger partial charge in [-0.25, -0.2) is 0 Å². The van der Waals surface area contributed by atoms with E-state index in [1.807, 2.05) is 26.8 Å². The minimum atomic E-state index is -0.386. The Labute approximate surface area is 117 Å². The first kappa shape index (κ1) is 16.7. The van der Waals surface area contributed by atoms with Crippen LogP contribution in [0.5, 0.6) is 0 Å². The van der Waals surface area contributed by atoms with E-state index in [1.165, 1.54) is 11.3 Å². The van der Waals surface area contributed by atoms with Crippen LogP contribution in [0.3, 0.4) is 0 Å². The second-order valence-electron chi connectivity index (χ2n) is 4.57. The number of nitrogens with one attached hydrogen (secondary N) is 1. The highest BCUT2D eigenvalue weighted by Gasteiger charge is 2.19. The van der Waals surface area contributed by atoms with Crippen molar-refractivity contribution in [1.82, 2.24) is 5.32 Å². The zero-order valence-corrected chi connectivity index (χ0v) is 12.5. The molecule has 3 nitrogen and oxygen atoms in total. The normalized spacial score (nSPS) is 12.8. The lowest BCUT2D eigenvalue weighted by Gasteiger charge is -2.20. The number of hydrogen-bond donors (Lipinski definition) is 2. The van der Waals surface area contributed by atoms with Gasteiger partial charge >= 0.3 is 0 Å². The van der Waals surface area contributed by atoms with Gasteiger partial charge in [-0.3, -0.25) is 4.79 Å². The quantitative estimate of drug-likeness (QED) is 0.898. The van der Waals surface area contributed by atoms with Gasteiger partial charge in [0.15, 0.2) is 0 Å². The van der Waals surface area contributed by atoms with Gasteiger partial charge < -0.3 is 11.1 Å². The number of nitrogens with two attached hydrogens (primary N) is 1. The number of thiophene rings is 1. The summed E-state index contributed by atoms with van der Waals surface area (Å²) >= 11 is 7.26. The van der Waals surface area contributed by atoms with Crippen molar-refractivity contribution in [2.75, 3.05) is 6.54 Å². The SMILES string of the molecule is CC(C(=O)NCC(C)(C)N)c1ccc(Cl)s1.Cl. The number of carbonyl (C=O) groups excluding carboxylic acids is 1. The fourth-order valence-electron chi connectivity index (χ4n) is 1.16. The molecule has 0 bridgehead atoms. The lowest BCUT2D eigenvalue weighted by Crippen LogP contribution is -2.45. The van der Waals surface area contributed by atoms with Gasteiger partial charge in [0.2, 0.25) is 5.91 Å². The maximum absolute atomic E-state index is 11.8. The van der Waals surface area contributed by atoms with E-state index in [0.717, 1.165) is 4.88 Å². The van der Waals surface area contributed by atoms with Crippen LogP contribution in [0, 0.1) is 0 Å². The van der Waals surface area contributed by atoms with E-state index in [0.29, 0.717) is 10.9 Å². The first-order valence-corrected chi connectivity index (χ1v) is 6.31. The molecular weight excluding hydrogens is 279 g/mol. The third kappa shape index (κ3) is 5.73. The van der Waals surface area contributed by atoms with E-state index in [2.05, 4.69) is 5.32 Å². The Morgan fingerprint density at radius 3 is 2.59 bits per heavy atom. The monoisotopic (exact) mass is 296 g/mol. The first-order chi connectivity index (χ1) is 7.29. The predicted molar refractivity (Wildman–Crippen MR) is 76.3 cm³/mol. The number of amides is 1. The third-order valence-electron chi connectivity index (χ3n) is 2.13. The highest BCUT2D eigenvalue weighted by atomic mass is 35.5. The van der Waals surface area contributed by atoms with Crippen molar-refractivity contribution in [3.63, 3.8) is 0 Å². The summed E-state index contributed by atoms with van der Waals surface area (Å²) in [6.07, 6.45) is 0. The smallest absolute Gasteiger partial charge is 0.228 e. The summed E-state index contributed by atoms with van der Waals surface area (Å²) in [5, 5.41) is 2.83. The van der Waals surface area contributed by atoms with Crippen LogP contribution in [0.25, 0.3) is 0 Å². The molecule has 0 spiro atoms. The van der Waals surface area contributed by atoms with Gasteiger partial charge in [-0.1, -0.05) is 11.6 Å². The van der Waals surface area contributed by atoms with Crippen molar-refractivity contribution in [3.8, 4) is 0 Å². The molecule has 1 rings (SSSR count). The zero-order chi connectivity index (χ0) is 12.3. The summed E-state index contributed by atoms with van der Waals surface area (Å²) in [7, 11) is 0. The molecule has 0 aliphatic heterocycles. The van der Waals surface area contributed by atoms with Crippen LogP contribution in [-0.4, -0.2) is 18.0 Å². The molecule has 1 atom stereocenters. The van der Waals surface area contributed by atoms with Crippen molar-refractivity contribution in [1.29, 1.82) is 0 Å². The van der Waals surface area contributed by atoms with Crippen LogP contribution in [0.1, 0.15) is 31.6 Å². The van der Waals surface area contributed by atoms with Crippen LogP contribution >= 0.6 is 35.3 Å². The molecule has 17 heavy (non-hydrogen) atoms. The molecule has 0 saturated carbocycles. The fraction of sp³-hybridized carbons (Fsp3) is 0.545. The largest absolute Gasteiger partial charge is 0.354 e. The van der Waals surface area contributed by atoms with Crippen LogP contribution in [0.15, 0.2) is 12.1 Å². The number of hydrogen-bond acceptors (Lipinski definition) is 3. The number of carbonyl (C=O) groups is 1. The molecule has 0 aliphatic rings. The van der Waals surface area contributed by atoms with Crippen LogP contribution in [0.2, 0.25) is 4.34 Å². The summed E-state index contributed by atoms with van der Waals surface area (Å²) in [5.41, 5.74) is 5.41. The van der Waals surface area contributed by atoms with E-state index in [-0.39, 0.29) is 29.8 Å². The number of halogens is 2. The molecular formula is C11H18Cl2N2OS. The van der Waals surface area contributed by atoms with Gasteiger partial charge in [0, 0.05) is 17.0 Å². The molecule has 1 aromatic heterocycles. The lowest BCUT2D eigenvalue weighted by atomic mass is 10.1. The van der Waals surface area contributed by atoms with Crippen molar-refractivity contribution < 1.29 is 4.79 Å². The average molecular weight is 297 g/mol. The second kappa shape index (κ2) is 6.59. The molecule has 1 aromatic rings. The van der Waals surface area contributed by atoms with Crippen LogP contribution in [0.4, 0.5) is 0 Å². The Morgan fingerprint density at radius 2 is 2.18 bits per heavy atom. The Bertz CT molecular complexity index is 374. The van der Waals surface area contributed by atoms with Gasteiger partial charge in [-0.15, -0.1) is 23.7 Å². The molecule has 0 aromatic carbocycles. The summed E-state index contributed by atoms with van der Waals surface area (Å²) in [6, 6.07) is 3.68. The molecule has 0 fully saturated rings. The number of rotatable bonds is 4. The minimum Gasteiger partial charge on any atom is -0.354 e. The Balaban J connectivity index is 0.00000256. The summed E-state index contributed by atoms with van der Waals surface area (Å²) in [4.78, 5) is 12.8. The molecule has 98 valence electrons. The lowest BCUT2D eigenvalue weighted by molar-refractivity contribution is -0.122. The maximum atomic E-state index is 11.8. The Morgan fingerprint density at radius 1 is 1.59 bits per heavy atom. The molecule has 0 aliphatic carbocycles. The third-order valence-corrected chi connectivity index (χ3v) is 3.55.